The first-order valence-corrected chi connectivity index (χ1v) is 5.01. The van der Waals surface area contributed by atoms with Crippen LogP contribution < -0.4 is 4.72 Å². The number of nitrogens with zero attached hydrogens (tertiary/aromatic N) is 2. The number of hydrogen-bond donors (Lipinski definition) is 2. The minimum Gasteiger partial charge on any atom is -0.330 e. The molecule has 0 bridgehead atoms. The van der Waals surface area contributed by atoms with E-state index in [1.807, 2.05) is 0 Å². The first-order valence-electron chi connectivity index (χ1n) is 3.47. The van der Waals surface area contributed by atoms with Gasteiger partial charge in [0.25, 0.3) is 10.0 Å². The third-order valence-electron chi connectivity index (χ3n) is 1.38. The summed E-state index contributed by atoms with van der Waals surface area (Å²) in [5.41, 5.74) is 0. The van der Waals surface area contributed by atoms with Gasteiger partial charge in [-0.3, -0.25) is 4.72 Å². The highest BCUT2D eigenvalue weighted by Gasteiger charge is 2.20. The van der Waals surface area contributed by atoms with Crippen molar-refractivity contribution >= 4 is 16.0 Å². The molecular formula is C6H8N4O2S. The summed E-state index contributed by atoms with van der Waals surface area (Å²) < 4.78 is 24.6. The zero-order valence-corrected chi connectivity index (χ0v) is 7.67. The first kappa shape index (κ1) is 9.54. The standard InChI is InChI=1S/C6H8N4O2S/c1-5(4-7)13(11,12)10-6-8-2-3-9-6/h2-3,5H,1H3,(H2,8,9,10). The maximum absolute atomic E-state index is 11.2. The Bertz CT molecular complexity index is 402. The van der Waals surface area contributed by atoms with E-state index in [-0.39, 0.29) is 5.95 Å². The smallest absolute Gasteiger partial charge is 0.251 e. The normalized spacial score (nSPS) is 13.2. The van der Waals surface area contributed by atoms with Crippen LogP contribution in [0.1, 0.15) is 6.92 Å². The highest BCUT2D eigenvalue weighted by Crippen LogP contribution is 2.04. The predicted molar refractivity (Wildman–Crippen MR) is 46.2 cm³/mol. The number of nitrogens with one attached hydrogen (secondary N) is 2. The van der Waals surface area contributed by atoms with Gasteiger partial charge < -0.3 is 4.98 Å². The van der Waals surface area contributed by atoms with Crippen LogP contribution in [0.15, 0.2) is 12.4 Å². The molecule has 70 valence electrons. The van der Waals surface area contributed by atoms with Crippen LogP contribution in [0.2, 0.25) is 0 Å². The van der Waals surface area contributed by atoms with Crippen molar-refractivity contribution < 1.29 is 8.42 Å². The molecule has 0 amide bonds. The van der Waals surface area contributed by atoms with Crippen molar-refractivity contribution in [1.82, 2.24) is 9.97 Å². The predicted octanol–water partition coefficient (Wildman–Crippen LogP) is 0.0635. The lowest BCUT2D eigenvalue weighted by Gasteiger charge is -2.05. The monoisotopic (exact) mass is 200 g/mol. The fourth-order valence-corrected chi connectivity index (χ4v) is 1.31. The molecular weight excluding hydrogens is 192 g/mol. The minimum absolute atomic E-state index is 0.113. The Labute approximate surface area is 75.7 Å². The van der Waals surface area contributed by atoms with Crippen molar-refractivity contribution in [3.05, 3.63) is 12.4 Å². The number of aromatic amines is 1. The fraction of sp³-hybridized carbons (Fsp3) is 0.333. The highest BCUT2D eigenvalue weighted by atomic mass is 32.2. The zero-order chi connectivity index (χ0) is 9.90. The summed E-state index contributed by atoms with van der Waals surface area (Å²) in [6.45, 7) is 1.30. The fourth-order valence-electron chi connectivity index (χ4n) is 0.614. The molecule has 0 aliphatic rings. The molecule has 13 heavy (non-hydrogen) atoms. The Hall–Kier alpha value is -1.55. The molecule has 0 saturated carbocycles. The van der Waals surface area contributed by atoms with Gasteiger partial charge in [0.05, 0.1) is 6.07 Å². The van der Waals surface area contributed by atoms with E-state index >= 15 is 0 Å². The number of imidazole rings is 1. The molecule has 0 radical (unpaired) electrons. The van der Waals surface area contributed by atoms with Gasteiger partial charge in [0.2, 0.25) is 5.95 Å². The van der Waals surface area contributed by atoms with E-state index in [0.717, 1.165) is 0 Å². The third-order valence-corrected chi connectivity index (χ3v) is 2.90. The molecule has 0 aromatic carbocycles. The molecule has 1 aromatic rings. The lowest BCUT2D eigenvalue weighted by Crippen LogP contribution is -2.24. The van der Waals surface area contributed by atoms with Crippen molar-refractivity contribution in [2.75, 3.05) is 4.72 Å². The largest absolute Gasteiger partial charge is 0.330 e. The average Bonchev–Trinajstić information content (AvgIpc) is 2.54. The molecule has 1 aromatic heterocycles. The molecule has 1 unspecified atom stereocenters. The Balaban J connectivity index is 2.81. The quantitative estimate of drug-likeness (QED) is 0.720. The van der Waals surface area contributed by atoms with E-state index in [1.54, 1.807) is 6.07 Å². The number of H-pyrrole nitrogens is 1. The van der Waals surface area contributed by atoms with Gasteiger partial charge in [0.1, 0.15) is 0 Å². The summed E-state index contributed by atoms with van der Waals surface area (Å²) in [6, 6.07) is 1.63. The third kappa shape index (κ3) is 2.19. The molecule has 1 rings (SSSR count). The molecule has 1 heterocycles. The molecule has 2 N–H and O–H groups in total. The number of rotatable bonds is 3. The molecule has 0 fully saturated rings. The van der Waals surface area contributed by atoms with Crippen LogP contribution in [0, 0.1) is 11.3 Å². The van der Waals surface area contributed by atoms with Crippen molar-refractivity contribution in [3.8, 4) is 6.07 Å². The Morgan fingerprint density at radius 2 is 2.46 bits per heavy atom. The number of anilines is 1. The summed E-state index contributed by atoms with van der Waals surface area (Å²) in [5.74, 6) is 0.113. The SMILES string of the molecule is CC(C#N)S(=O)(=O)Nc1ncc[nH]1. The van der Waals surface area contributed by atoms with Gasteiger partial charge in [0, 0.05) is 12.4 Å². The summed E-state index contributed by atoms with van der Waals surface area (Å²) >= 11 is 0. The molecule has 0 aliphatic carbocycles. The van der Waals surface area contributed by atoms with Crippen molar-refractivity contribution in [2.45, 2.75) is 12.2 Å². The Morgan fingerprint density at radius 1 is 1.77 bits per heavy atom. The van der Waals surface area contributed by atoms with Crippen LogP contribution >= 0.6 is 0 Å². The number of nitriles is 1. The van der Waals surface area contributed by atoms with Crippen LogP contribution in [0.4, 0.5) is 5.95 Å². The minimum atomic E-state index is -3.64. The summed E-state index contributed by atoms with van der Waals surface area (Å²) in [7, 11) is -3.64. The van der Waals surface area contributed by atoms with E-state index in [9.17, 15) is 8.42 Å². The second kappa shape index (κ2) is 3.45. The molecule has 0 spiro atoms. The van der Waals surface area contributed by atoms with E-state index in [0.29, 0.717) is 0 Å². The van der Waals surface area contributed by atoms with Crippen LogP contribution in [0.25, 0.3) is 0 Å². The van der Waals surface area contributed by atoms with Gasteiger partial charge in [-0.1, -0.05) is 0 Å². The van der Waals surface area contributed by atoms with Crippen molar-refractivity contribution in [2.24, 2.45) is 0 Å². The van der Waals surface area contributed by atoms with Gasteiger partial charge >= 0.3 is 0 Å². The van der Waals surface area contributed by atoms with Gasteiger partial charge in [-0.25, -0.2) is 13.4 Å². The Morgan fingerprint density at radius 3 is 2.92 bits per heavy atom. The van der Waals surface area contributed by atoms with Crippen LogP contribution in [-0.2, 0) is 10.0 Å². The van der Waals surface area contributed by atoms with E-state index in [2.05, 4.69) is 14.7 Å². The lowest BCUT2D eigenvalue weighted by atomic mass is 10.5. The number of aromatic nitrogens is 2. The number of hydrogen-bond acceptors (Lipinski definition) is 4. The van der Waals surface area contributed by atoms with Crippen molar-refractivity contribution in [3.63, 3.8) is 0 Å². The molecule has 0 aliphatic heterocycles. The molecule has 7 heteroatoms. The second-order valence-corrected chi connectivity index (χ2v) is 4.36. The summed E-state index contributed by atoms with van der Waals surface area (Å²) in [4.78, 5) is 6.22. The molecule has 6 nitrogen and oxygen atoms in total. The van der Waals surface area contributed by atoms with E-state index in [1.165, 1.54) is 19.3 Å². The second-order valence-electron chi connectivity index (χ2n) is 2.36. The highest BCUT2D eigenvalue weighted by molar-refractivity contribution is 7.93. The van der Waals surface area contributed by atoms with Crippen LogP contribution in [0.5, 0.6) is 0 Å². The van der Waals surface area contributed by atoms with Crippen LogP contribution in [0.3, 0.4) is 0 Å². The average molecular weight is 200 g/mol. The van der Waals surface area contributed by atoms with E-state index < -0.39 is 15.3 Å². The molecule has 0 saturated heterocycles. The summed E-state index contributed by atoms with van der Waals surface area (Å²) in [5, 5.41) is 7.30. The van der Waals surface area contributed by atoms with Crippen LogP contribution in [-0.4, -0.2) is 23.6 Å². The lowest BCUT2D eigenvalue weighted by molar-refractivity contribution is 0.597. The maximum atomic E-state index is 11.2. The first-order chi connectivity index (χ1) is 6.06. The van der Waals surface area contributed by atoms with Gasteiger partial charge in [-0.05, 0) is 6.92 Å². The van der Waals surface area contributed by atoms with Gasteiger partial charge in [-0.2, -0.15) is 5.26 Å². The van der Waals surface area contributed by atoms with E-state index in [4.69, 9.17) is 5.26 Å². The zero-order valence-electron chi connectivity index (χ0n) is 6.85. The summed E-state index contributed by atoms with van der Waals surface area (Å²) in [6.07, 6.45) is 2.89. The van der Waals surface area contributed by atoms with Gasteiger partial charge in [0.15, 0.2) is 5.25 Å². The topological polar surface area (TPSA) is 98.6 Å². The Kier molecular flexibility index (Phi) is 2.53. The number of sulfonamides is 1. The molecule has 1 atom stereocenters. The van der Waals surface area contributed by atoms with Gasteiger partial charge in [-0.15, -0.1) is 0 Å². The maximum Gasteiger partial charge on any atom is 0.251 e. The van der Waals surface area contributed by atoms with Crippen molar-refractivity contribution in [1.29, 1.82) is 5.26 Å².